The van der Waals surface area contributed by atoms with Crippen LogP contribution in [0.1, 0.15) is 20.7 Å². The van der Waals surface area contributed by atoms with Crippen LogP contribution in [0.2, 0.25) is 0 Å². The minimum Gasteiger partial charge on any atom is -0.397 e. The van der Waals surface area contributed by atoms with E-state index in [9.17, 15) is 9.59 Å². The van der Waals surface area contributed by atoms with Crippen LogP contribution in [0.3, 0.4) is 0 Å². The number of nitrogens with two attached hydrogens (primary N) is 2. The Morgan fingerprint density at radius 2 is 1.15 bits per heavy atom. The number of nitrogen functional groups attached to an aromatic ring is 2. The van der Waals surface area contributed by atoms with Gasteiger partial charge in [0.1, 0.15) is 0 Å². The molecule has 3 aromatic rings. The number of carbonyl (C=O) groups is 2. The van der Waals surface area contributed by atoms with Crippen LogP contribution >= 0.6 is 0 Å². The number of hydrogen-bond donors (Lipinski definition) is 4. The van der Waals surface area contributed by atoms with Gasteiger partial charge in [0.25, 0.3) is 11.8 Å². The number of carbonyl (C=O) groups excluding carboxylic acids is 2. The topological polar surface area (TPSA) is 110 Å². The second kappa shape index (κ2) is 7.40. The van der Waals surface area contributed by atoms with Gasteiger partial charge in [-0.05, 0) is 36.4 Å². The summed E-state index contributed by atoms with van der Waals surface area (Å²) in [5.74, 6) is -0.944. The van der Waals surface area contributed by atoms with E-state index < -0.39 is 11.8 Å². The molecule has 0 saturated carbocycles. The Balaban J connectivity index is 1.94. The van der Waals surface area contributed by atoms with Crippen LogP contribution < -0.4 is 22.1 Å². The largest absolute Gasteiger partial charge is 0.397 e. The van der Waals surface area contributed by atoms with E-state index in [2.05, 4.69) is 10.6 Å². The average Bonchev–Trinajstić information content (AvgIpc) is 2.65. The fourth-order valence-electron chi connectivity index (χ4n) is 2.50. The molecular formula is C20H18N4O2. The van der Waals surface area contributed by atoms with Crippen LogP contribution in [-0.2, 0) is 0 Å². The fourth-order valence-corrected chi connectivity index (χ4v) is 2.50. The number of amides is 2. The lowest BCUT2D eigenvalue weighted by Crippen LogP contribution is -2.22. The monoisotopic (exact) mass is 346 g/mol. The first-order valence-electron chi connectivity index (χ1n) is 7.97. The van der Waals surface area contributed by atoms with Crippen molar-refractivity contribution in [1.29, 1.82) is 0 Å². The van der Waals surface area contributed by atoms with Crippen molar-refractivity contribution in [3.8, 4) is 0 Å². The number of hydrogen-bond acceptors (Lipinski definition) is 4. The van der Waals surface area contributed by atoms with Gasteiger partial charge in [-0.15, -0.1) is 0 Å². The molecule has 0 fully saturated rings. The van der Waals surface area contributed by atoms with Gasteiger partial charge in [0, 0.05) is 11.4 Å². The summed E-state index contributed by atoms with van der Waals surface area (Å²) in [5, 5.41) is 5.48. The molecule has 0 saturated heterocycles. The maximum atomic E-state index is 12.7. The van der Waals surface area contributed by atoms with Crippen molar-refractivity contribution >= 4 is 34.6 Å². The normalized spacial score (nSPS) is 10.2. The number of anilines is 4. The molecule has 0 aliphatic carbocycles. The van der Waals surface area contributed by atoms with Crippen LogP contribution in [0, 0.1) is 0 Å². The number of benzene rings is 3. The van der Waals surface area contributed by atoms with Crippen molar-refractivity contribution in [2.45, 2.75) is 0 Å². The fraction of sp³-hybridized carbons (Fsp3) is 0. The average molecular weight is 346 g/mol. The molecule has 26 heavy (non-hydrogen) atoms. The van der Waals surface area contributed by atoms with Gasteiger partial charge < -0.3 is 22.1 Å². The first-order valence-corrected chi connectivity index (χ1v) is 7.97. The summed E-state index contributed by atoms with van der Waals surface area (Å²) in [7, 11) is 0. The smallest absolute Gasteiger partial charge is 0.258 e. The van der Waals surface area contributed by atoms with E-state index in [0.717, 1.165) is 0 Å². The van der Waals surface area contributed by atoms with E-state index in [1.54, 1.807) is 48.5 Å². The molecule has 6 nitrogen and oxygen atoms in total. The molecule has 3 rings (SSSR count). The molecule has 0 spiro atoms. The van der Waals surface area contributed by atoms with E-state index in [0.29, 0.717) is 11.4 Å². The van der Waals surface area contributed by atoms with Crippen molar-refractivity contribution in [2.24, 2.45) is 0 Å². The summed E-state index contributed by atoms with van der Waals surface area (Å²) >= 11 is 0. The minimum atomic E-state index is -0.501. The molecule has 0 aliphatic heterocycles. The van der Waals surface area contributed by atoms with Gasteiger partial charge >= 0.3 is 0 Å². The second-order valence-electron chi connectivity index (χ2n) is 5.63. The highest BCUT2D eigenvalue weighted by molar-refractivity contribution is 6.18. The number of rotatable bonds is 4. The highest BCUT2D eigenvalue weighted by Gasteiger charge is 2.22. The molecule has 0 aliphatic rings. The molecule has 0 aromatic heterocycles. The zero-order valence-corrected chi connectivity index (χ0v) is 13.9. The quantitative estimate of drug-likeness (QED) is 0.543. The molecule has 6 N–H and O–H groups in total. The molecule has 130 valence electrons. The standard InChI is InChI=1S/C20H18N4O2/c21-16-12-11-15(19(25)23-13-7-3-1-4-8-13)17(18(16)22)20(26)24-14-9-5-2-6-10-14/h1-12H,21-22H2,(H,23,25)(H,24,26). The summed E-state index contributed by atoms with van der Waals surface area (Å²) in [4.78, 5) is 25.4. The third-order valence-corrected chi connectivity index (χ3v) is 3.81. The molecular weight excluding hydrogens is 328 g/mol. The lowest BCUT2D eigenvalue weighted by molar-refractivity contribution is 0.0991. The number of nitrogens with one attached hydrogen (secondary N) is 2. The number of para-hydroxylation sites is 2. The van der Waals surface area contributed by atoms with Gasteiger partial charge in [-0.25, -0.2) is 0 Å². The maximum absolute atomic E-state index is 12.7. The van der Waals surface area contributed by atoms with Gasteiger partial charge in [0.15, 0.2) is 0 Å². The lowest BCUT2D eigenvalue weighted by Gasteiger charge is -2.14. The van der Waals surface area contributed by atoms with Crippen molar-refractivity contribution in [3.63, 3.8) is 0 Å². The Hall–Kier alpha value is -3.80. The van der Waals surface area contributed by atoms with Gasteiger partial charge in [-0.3, -0.25) is 9.59 Å². The first kappa shape index (κ1) is 17.0. The van der Waals surface area contributed by atoms with Crippen LogP contribution in [0.5, 0.6) is 0 Å². The molecule has 0 radical (unpaired) electrons. The summed E-state index contributed by atoms with van der Waals surface area (Å²) in [6.07, 6.45) is 0. The zero-order valence-electron chi connectivity index (χ0n) is 13.9. The highest BCUT2D eigenvalue weighted by atomic mass is 16.2. The minimum absolute atomic E-state index is 0.0438. The Morgan fingerprint density at radius 1 is 0.654 bits per heavy atom. The maximum Gasteiger partial charge on any atom is 0.258 e. The summed E-state index contributed by atoms with van der Waals surface area (Å²) < 4.78 is 0. The van der Waals surface area contributed by atoms with E-state index in [-0.39, 0.29) is 22.5 Å². The Bertz CT molecular complexity index is 941. The van der Waals surface area contributed by atoms with Crippen LogP contribution in [0.25, 0.3) is 0 Å². The van der Waals surface area contributed by atoms with Crippen LogP contribution in [0.15, 0.2) is 72.8 Å². The lowest BCUT2D eigenvalue weighted by atomic mass is 10.0. The van der Waals surface area contributed by atoms with Crippen molar-refractivity contribution in [3.05, 3.63) is 83.9 Å². The SMILES string of the molecule is Nc1ccc(C(=O)Nc2ccccc2)c(C(=O)Nc2ccccc2)c1N. The molecule has 2 amide bonds. The van der Waals surface area contributed by atoms with E-state index in [1.165, 1.54) is 12.1 Å². The molecule has 0 unspecified atom stereocenters. The van der Waals surface area contributed by atoms with Crippen molar-refractivity contribution < 1.29 is 9.59 Å². The van der Waals surface area contributed by atoms with Gasteiger partial charge in [0.2, 0.25) is 0 Å². The third-order valence-electron chi connectivity index (χ3n) is 3.81. The van der Waals surface area contributed by atoms with Crippen LogP contribution in [-0.4, -0.2) is 11.8 Å². The third kappa shape index (κ3) is 3.64. The Kier molecular flexibility index (Phi) is 4.85. The van der Waals surface area contributed by atoms with E-state index in [1.807, 2.05) is 12.1 Å². The summed E-state index contributed by atoms with van der Waals surface area (Å²) in [6.45, 7) is 0. The molecule has 0 heterocycles. The molecule has 3 aromatic carbocycles. The second-order valence-corrected chi connectivity index (χ2v) is 5.63. The summed E-state index contributed by atoms with van der Waals surface area (Å²) in [5.41, 5.74) is 13.5. The molecule has 0 atom stereocenters. The molecule has 0 bridgehead atoms. The van der Waals surface area contributed by atoms with Crippen molar-refractivity contribution in [2.75, 3.05) is 22.1 Å². The van der Waals surface area contributed by atoms with Crippen LogP contribution in [0.4, 0.5) is 22.7 Å². The predicted molar refractivity (Wildman–Crippen MR) is 104 cm³/mol. The van der Waals surface area contributed by atoms with E-state index >= 15 is 0 Å². The summed E-state index contributed by atoms with van der Waals surface area (Å²) in [6, 6.07) is 20.9. The molecule has 6 heteroatoms. The van der Waals surface area contributed by atoms with Crippen molar-refractivity contribution in [1.82, 2.24) is 0 Å². The zero-order chi connectivity index (χ0) is 18.5. The Morgan fingerprint density at radius 3 is 1.69 bits per heavy atom. The van der Waals surface area contributed by atoms with E-state index in [4.69, 9.17) is 11.5 Å². The Labute approximate surface area is 150 Å². The van der Waals surface area contributed by atoms with Gasteiger partial charge in [0.05, 0.1) is 22.5 Å². The van der Waals surface area contributed by atoms with Gasteiger partial charge in [-0.1, -0.05) is 36.4 Å². The predicted octanol–water partition coefficient (Wildman–Crippen LogP) is 3.36. The van der Waals surface area contributed by atoms with Gasteiger partial charge in [-0.2, -0.15) is 0 Å². The first-order chi connectivity index (χ1) is 12.6. The highest BCUT2D eigenvalue weighted by Crippen LogP contribution is 2.26.